The summed E-state index contributed by atoms with van der Waals surface area (Å²) >= 11 is 0. The molecule has 0 unspecified atom stereocenters. The lowest BCUT2D eigenvalue weighted by Gasteiger charge is -2.15. The Labute approximate surface area is 232 Å². The SMILES string of the molecule is c1ccc(-c2cc(-c3ccccc3)cc(-n3c4ncccc4c4c5ccccc5n(-c5ccccc5)c43)c2)cc1. The summed E-state index contributed by atoms with van der Waals surface area (Å²) in [5, 5.41) is 3.59. The van der Waals surface area contributed by atoms with Gasteiger partial charge >= 0.3 is 0 Å². The second-order valence-electron chi connectivity index (χ2n) is 10.1. The van der Waals surface area contributed by atoms with Gasteiger partial charge in [0.05, 0.1) is 11.2 Å². The van der Waals surface area contributed by atoms with Crippen molar-refractivity contribution in [3.63, 3.8) is 0 Å². The van der Waals surface area contributed by atoms with Gasteiger partial charge in [0.25, 0.3) is 0 Å². The summed E-state index contributed by atoms with van der Waals surface area (Å²) in [6.45, 7) is 0. The molecule has 5 aromatic carbocycles. The van der Waals surface area contributed by atoms with Gasteiger partial charge in [-0.05, 0) is 70.8 Å². The Morgan fingerprint density at radius 1 is 0.425 bits per heavy atom. The van der Waals surface area contributed by atoms with Crippen LogP contribution >= 0.6 is 0 Å². The number of hydrogen-bond acceptors (Lipinski definition) is 1. The molecule has 0 saturated heterocycles. The second kappa shape index (κ2) is 9.11. The highest BCUT2D eigenvalue weighted by atomic mass is 15.2. The van der Waals surface area contributed by atoms with Crippen molar-refractivity contribution >= 4 is 33.0 Å². The van der Waals surface area contributed by atoms with Crippen LogP contribution in [0, 0.1) is 0 Å². The predicted molar refractivity (Wildman–Crippen MR) is 166 cm³/mol. The maximum absolute atomic E-state index is 4.96. The lowest BCUT2D eigenvalue weighted by molar-refractivity contribution is 1.05. The van der Waals surface area contributed by atoms with Crippen molar-refractivity contribution in [2.45, 2.75) is 0 Å². The Kier molecular flexibility index (Phi) is 5.14. The molecule has 8 rings (SSSR count). The van der Waals surface area contributed by atoms with Crippen LogP contribution in [0.15, 0.2) is 152 Å². The first-order valence-electron chi connectivity index (χ1n) is 13.6. The molecule has 0 bridgehead atoms. The van der Waals surface area contributed by atoms with Gasteiger partial charge in [-0.3, -0.25) is 9.13 Å². The van der Waals surface area contributed by atoms with E-state index >= 15 is 0 Å². The molecule has 3 nitrogen and oxygen atoms in total. The fourth-order valence-electron chi connectivity index (χ4n) is 5.99. The van der Waals surface area contributed by atoms with Gasteiger partial charge in [-0.1, -0.05) is 97.1 Å². The zero-order chi connectivity index (χ0) is 26.5. The number of benzene rings is 5. The average molecular weight is 512 g/mol. The summed E-state index contributed by atoms with van der Waals surface area (Å²) < 4.78 is 4.72. The zero-order valence-corrected chi connectivity index (χ0v) is 21.8. The number of nitrogens with zero attached hydrogens (tertiary/aromatic N) is 3. The smallest absolute Gasteiger partial charge is 0.146 e. The molecule has 0 spiro atoms. The number of aromatic nitrogens is 3. The molecule has 3 heteroatoms. The van der Waals surface area contributed by atoms with E-state index in [0.717, 1.165) is 28.1 Å². The molecule has 188 valence electrons. The first kappa shape index (κ1) is 22.6. The number of pyridine rings is 1. The summed E-state index contributed by atoms with van der Waals surface area (Å²) in [4.78, 5) is 4.96. The number of rotatable bonds is 4. The minimum atomic E-state index is 0.951. The van der Waals surface area contributed by atoms with Crippen LogP contribution < -0.4 is 0 Å². The van der Waals surface area contributed by atoms with Gasteiger partial charge < -0.3 is 0 Å². The molecule has 0 atom stereocenters. The maximum Gasteiger partial charge on any atom is 0.146 e. The van der Waals surface area contributed by atoms with E-state index in [1.165, 1.54) is 38.5 Å². The number of para-hydroxylation sites is 2. The van der Waals surface area contributed by atoms with E-state index in [0.29, 0.717) is 0 Å². The highest BCUT2D eigenvalue weighted by Gasteiger charge is 2.23. The van der Waals surface area contributed by atoms with E-state index in [1.54, 1.807) is 0 Å². The van der Waals surface area contributed by atoms with E-state index in [-0.39, 0.29) is 0 Å². The molecule has 0 aliphatic rings. The third kappa shape index (κ3) is 3.49. The van der Waals surface area contributed by atoms with E-state index in [4.69, 9.17) is 4.98 Å². The molecule has 0 N–H and O–H groups in total. The Morgan fingerprint density at radius 2 is 1.00 bits per heavy atom. The van der Waals surface area contributed by atoms with Crippen molar-refractivity contribution < 1.29 is 0 Å². The zero-order valence-electron chi connectivity index (χ0n) is 21.8. The van der Waals surface area contributed by atoms with Crippen LogP contribution in [0.5, 0.6) is 0 Å². The minimum Gasteiger partial charge on any atom is -0.295 e. The van der Waals surface area contributed by atoms with Crippen LogP contribution in [0.4, 0.5) is 0 Å². The third-order valence-corrected chi connectivity index (χ3v) is 7.73. The van der Waals surface area contributed by atoms with Crippen LogP contribution in [0.1, 0.15) is 0 Å². The van der Waals surface area contributed by atoms with Gasteiger partial charge in [0, 0.05) is 28.0 Å². The minimum absolute atomic E-state index is 0.951. The predicted octanol–water partition coefficient (Wildman–Crippen LogP) is 9.46. The van der Waals surface area contributed by atoms with E-state index in [1.807, 2.05) is 12.3 Å². The van der Waals surface area contributed by atoms with E-state index in [2.05, 4.69) is 149 Å². The molecule has 0 radical (unpaired) electrons. The maximum atomic E-state index is 4.96. The molecule has 3 aromatic heterocycles. The summed E-state index contributed by atoms with van der Waals surface area (Å²) in [6, 6.07) is 51.7. The standard InChI is InChI=1S/C37H25N3/c1-4-13-26(14-5-1)28-23-29(27-15-6-2-7-16-27)25-31(24-28)40-36-33(20-12-22-38-36)35-32-19-10-11-21-34(32)39(37(35)40)30-17-8-3-9-18-30/h1-25H. The molecular weight excluding hydrogens is 486 g/mol. The molecule has 40 heavy (non-hydrogen) atoms. The van der Waals surface area contributed by atoms with Gasteiger partial charge in [0.15, 0.2) is 0 Å². The fraction of sp³-hybridized carbons (Fsp3) is 0. The van der Waals surface area contributed by atoms with Crippen molar-refractivity contribution in [1.82, 2.24) is 14.1 Å². The monoisotopic (exact) mass is 511 g/mol. The Morgan fingerprint density at radius 3 is 1.68 bits per heavy atom. The van der Waals surface area contributed by atoms with Gasteiger partial charge in [-0.15, -0.1) is 0 Å². The van der Waals surface area contributed by atoms with Gasteiger partial charge in [-0.25, -0.2) is 4.98 Å². The van der Waals surface area contributed by atoms with Crippen molar-refractivity contribution in [3.8, 4) is 33.6 Å². The van der Waals surface area contributed by atoms with Crippen molar-refractivity contribution in [3.05, 3.63) is 152 Å². The molecule has 0 fully saturated rings. The highest BCUT2D eigenvalue weighted by Crippen LogP contribution is 2.41. The molecule has 8 aromatic rings. The first-order chi connectivity index (χ1) is 19.9. The molecule has 0 saturated carbocycles. The Balaban J connectivity index is 1.54. The Hall–Kier alpha value is -5.41. The highest BCUT2D eigenvalue weighted by molar-refractivity contribution is 6.21. The third-order valence-electron chi connectivity index (χ3n) is 7.73. The second-order valence-corrected chi connectivity index (χ2v) is 10.1. The van der Waals surface area contributed by atoms with Crippen molar-refractivity contribution in [2.24, 2.45) is 0 Å². The van der Waals surface area contributed by atoms with E-state index < -0.39 is 0 Å². The topological polar surface area (TPSA) is 22.8 Å². The molecule has 0 aliphatic heterocycles. The molecule has 3 heterocycles. The van der Waals surface area contributed by atoms with Crippen LogP contribution in [-0.4, -0.2) is 14.1 Å². The summed E-state index contributed by atoms with van der Waals surface area (Å²) in [5.74, 6) is 0. The van der Waals surface area contributed by atoms with Crippen LogP contribution in [0.3, 0.4) is 0 Å². The summed E-state index contributed by atoms with van der Waals surface area (Å²) in [6.07, 6.45) is 1.89. The molecule has 0 amide bonds. The molecular formula is C37H25N3. The van der Waals surface area contributed by atoms with Gasteiger partial charge in [-0.2, -0.15) is 0 Å². The van der Waals surface area contributed by atoms with Gasteiger partial charge in [0.1, 0.15) is 11.3 Å². The van der Waals surface area contributed by atoms with Crippen molar-refractivity contribution in [2.75, 3.05) is 0 Å². The van der Waals surface area contributed by atoms with Crippen LogP contribution in [-0.2, 0) is 0 Å². The number of hydrogen-bond donors (Lipinski definition) is 0. The Bertz CT molecular complexity index is 2080. The lowest BCUT2D eigenvalue weighted by atomic mass is 9.98. The normalized spacial score (nSPS) is 11.5. The summed E-state index contributed by atoms with van der Waals surface area (Å²) in [5.41, 5.74) is 10.2. The number of fused-ring (bicyclic) bond motifs is 5. The largest absolute Gasteiger partial charge is 0.295 e. The van der Waals surface area contributed by atoms with Crippen molar-refractivity contribution in [1.29, 1.82) is 0 Å². The van der Waals surface area contributed by atoms with E-state index in [9.17, 15) is 0 Å². The summed E-state index contributed by atoms with van der Waals surface area (Å²) in [7, 11) is 0. The van der Waals surface area contributed by atoms with Crippen LogP contribution in [0.25, 0.3) is 66.6 Å². The molecule has 0 aliphatic carbocycles. The lowest BCUT2D eigenvalue weighted by Crippen LogP contribution is -2.03. The average Bonchev–Trinajstić information content (AvgIpc) is 3.55. The quantitative estimate of drug-likeness (QED) is 0.231. The van der Waals surface area contributed by atoms with Gasteiger partial charge in [0.2, 0.25) is 0 Å². The van der Waals surface area contributed by atoms with Crippen LogP contribution in [0.2, 0.25) is 0 Å². The fourth-order valence-corrected chi connectivity index (χ4v) is 5.99. The first-order valence-corrected chi connectivity index (χ1v) is 13.6.